The molecule has 160 valence electrons. The number of anilines is 1. The Kier molecular flexibility index (Phi) is 5.78. The van der Waals surface area contributed by atoms with Gasteiger partial charge in [0.05, 0.1) is 17.7 Å². The highest BCUT2D eigenvalue weighted by molar-refractivity contribution is 7.07. The normalized spacial score (nSPS) is 15.8. The molecule has 0 aliphatic carbocycles. The minimum atomic E-state index is -0.660. The van der Waals surface area contributed by atoms with Gasteiger partial charge in [-0.3, -0.25) is 9.69 Å². The van der Waals surface area contributed by atoms with E-state index in [1.165, 1.54) is 16.2 Å². The molecule has 2 aromatic carbocycles. The minimum absolute atomic E-state index is 0.240. The van der Waals surface area contributed by atoms with Crippen molar-refractivity contribution in [3.8, 4) is 11.3 Å². The standard InChI is InChI=1S/C24H25N3O3S/c1-24(2,3)30-23(29)27-13-18-8-5-4-7-16(18)12-21(27)22(28)26-19-10-6-9-17(11-19)20-14-31-15-25-20/h4-11,14-15,21H,12-13H2,1-3H3,(H,26,28)/t21-/m0/s1. The minimum Gasteiger partial charge on any atom is -0.444 e. The van der Waals surface area contributed by atoms with E-state index in [0.29, 0.717) is 18.7 Å². The van der Waals surface area contributed by atoms with Gasteiger partial charge in [0.15, 0.2) is 0 Å². The number of hydrogen-bond acceptors (Lipinski definition) is 5. The lowest BCUT2D eigenvalue weighted by Gasteiger charge is -2.36. The predicted octanol–water partition coefficient (Wildman–Crippen LogP) is 5.11. The molecule has 2 amide bonds. The molecule has 2 heterocycles. The third-order valence-electron chi connectivity index (χ3n) is 5.04. The summed E-state index contributed by atoms with van der Waals surface area (Å²) in [5.74, 6) is -0.240. The van der Waals surface area contributed by atoms with E-state index in [0.717, 1.165) is 22.4 Å². The molecule has 7 heteroatoms. The second-order valence-corrected chi connectivity index (χ2v) is 9.26. The number of amides is 2. The number of carbonyl (C=O) groups excluding carboxylic acids is 2. The monoisotopic (exact) mass is 435 g/mol. The first-order valence-corrected chi connectivity index (χ1v) is 11.1. The number of rotatable bonds is 3. The van der Waals surface area contributed by atoms with Gasteiger partial charge in [-0.05, 0) is 44.0 Å². The van der Waals surface area contributed by atoms with E-state index in [4.69, 9.17) is 4.74 Å². The van der Waals surface area contributed by atoms with Crippen LogP contribution >= 0.6 is 11.3 Å². The second-order valence-electron chi connectivity index (χ2n) is 8.54. The third-order valence-corrected chi connectivity index (χ3v) is 5.62. The van der Waals surface area contributed by atoms with E-state index in [1.807, 2.05) is 74.7 Å². The fraction of sp³-hybridized carbons (Fsp3) is 0.292. The van der Waals surface area contributed by atoms with Crippen molar-refractivity contribution in [2.45, 2.75) is 45.4 Å². The molecule has 0 fully saturated rings. The highest BCUT2D eigenvalue weighted by Crippen LogP contribution is 2.27. The Morgan fingerprint density at radius 2 is 1.90 bits per heavy atom. The molecule has 1 aliphatic heterocycles. The highest BCUT2D eigenvalue weighted by atomic mass is 32.1. The van der Waals surface area contributed by atoms with Crippen molar-refractivity contribution >= 4 is 29.0 Å². The number of fused-ring (bicyclic) bond motifs is 1. The van der Waals surface area contributed by atoms with E-state index in [9.17, 15) is 9.59 Å². The first kappa shape index (κ1) is 21.1. The number of nitrogens with one attached hydrogen (secondary N) is 1. The first-order chi connectivity index (χ1) is 14.8. The van der Waals surface area contributed by atoms with Crippen molar-refractivity contribution in [2.24, 2.45) is 0 Å². The summed E-state index contributed by atoms with van der Waals surface area (Å²) in [5.41, 5.74) is 5.69. The van der Waals surface area contributed by atoms with Crippen LogP contribution in [0.1, 0.15) is 31.9 Å². The van der Waals surface area contributed by atoms with Gasteiger partial charge in [0, 0.05) is 23.1 Å². The van der Waals surface area contributed by atoms with Gasteiger partial charge in [-0.1, -0.05) is 36.4 Å². The van der Waals surface area contributed by atoms with Crippen LogP contribution in [-0.4, -0.2) is 33.5 Å². The highest BCUT2D eigenvalue weighted by Gasteiger charge is 2.37. The van der Waals surface area contributed by atoms with Crippen molar-refractivity contribution in [3.63, 3.8) is 0 Å². The maximum Gasteiger partial charge on any atom is 0.411 e. The molecule has 1 aromatic heterocycles. The van der Waals surface area contributed by atoms with Crippen molar-refractivity contribution in [1.82, 2.24) is 9.88 Å². The van der Waals surface area contributed by atoms with Crippen LogP contribution in [0.15, 0.2) is 59.4 Å². The smallest absolute Gasteiger partial charge is 0.411 e. The van der Waals surface area contributed by atoms with E-state index < -0.39 is 17.7 Å². The summed E-state index contributed by atoms with van der Waals surface area (Å²) < 4.78 is 5.59. The number of ether oxygens (including phenoxy) is 1. The third kappa shape index (κ3) is 4.94. The van der Waals surface area contributed by atoms with Gasteiger partial charge in [-0.15, -0.1) is 11.3 Å². The molecule has 0 saturated heterocycles. The van der Waals surface area contributed by atoms with Crippen LogP contribution in [0.2, 0.25) is 0 Å². The lowest BCUT2D eigenvalue weighted by molar-refractivity contribution is -0.121. The quantitative estimate of drug-likeness (QED) is 0.621. The van der Waals surface area contributed by atoms with Gasteiger partial charge in [0.2, 0.25) is 5.91 Å². The maximum absolute atomic E-state index is 13.3. The van der Waals surface area contributed by atoms with Crippen LogP contribution in [-0.2, 0) is 22.5 Å². The summed E-state index contributed by atoms with van der Waals surface area (Å²) >= 11 is 1.52. The van der Waals surface area contributed by atoms with Gasteiger partial charge < -0.3 is 10.1 Å². The van der Waals surface area contributed by atoms with Crippen molar-refractivity contribution in [3.05, 3.63) is 70.5 Å². The largest absolute Gasteiger partial charge is 0.444 e. The lowest BCUT2D eigenvalue weighted by Crippen LogP contribution is -2.52. The molecule has 6 nitrogen and oxygen atoms in total. The number of carbonyl (C=O) groups is 2. The molecule has 1 aliphatic rings. The molecular weight excluding hydrogens is 410 g/mol. The van der Waals surface area contributed by atoms with E-state index in [2.05, 4.69) is 10.3 Å². The summed E-state index contributed by atoms with van der Waals surface area (Å²) in [7, 11) is 0. The lowest BCUT2D eigenvalue weighted by atomic mass is 9.93. The molecule has 0 saturated carbocycles. The summed E-state index contributed by atoms with van der Waals surface area (Å²) in [6, 6.07) is 14.8. The number of nitrogens with zero attached hydrogens (tertiary/aromatic N) is 2. The van der Waals surface area contributed by atoms with Gasteiger partial charge in [-0.2, -0.15) is 0 Å². The fourth-order valence-electron chi connectivity index (χ4n) is 3.61. The zero-order valence-corrected chi connectivity index (χ0v) is 18.6. The summed E-state index contributed by atoms with van der Waals surface area (Å²) in [5, 5.41) is 4.94. The van der Waals surface area contributed by atoms with Crippen molar-refractivity contribution in [2.75, 3.05) is 5.32 Å². The number of hydrogen-bond donors (Lipinski definition) is 1. The summed E-state index contributed by atoms with van der Waals surface area (Å²) in [4.78, 5) is 32.0. The predicted molar refractivity (Wildman–Crippen MR) is 122 cm³/mol. The Morgan fingerprint density at radius 3 is 2.61 bits per heavy atom. The summed E-state index contributed by atoms with van der Waals surface area (Å²) in [6.07, 6.45) is -0.0501. The number of thiazole rings is 1. The molecule has 0 bridgehead atoms. The van der Waals surface area contributed by atoms with Gasteiger partial charge in [-0.25, -0.2) is 9.78 Å². The average molecular weight is 436 g/mol. The van der Waals surface area contributed by atoms with Crippen LogP contribution in [0.5, 0.6) is 0 Å². The van der Waals surface area contributed by atoms with Gasteiger partial charge in [0.25, 0.3) is 0 Å². The molecule has 1 N–H and O–H groups in total. The first-order valence-electron chi connectivity index (χ1n) is 10.2. The van der Waals surface area contributed by atoms with Crippen molar-refractivity contribution < 1.29 is 14.3 Å². The molecule has 0 spiro atoms. The zero-order chi connectivity index (χ0) is 22.0. The Hall–Kier alpha value is -3.19. The molecule has 0 unspecified atom stereocenters. The Bertz CT molecular complexity index is 1090. The molecule has 31 heavy (non-hydrogen) atoms. The Labute approximate surface area is 185 Å². The van der Waals surface area contributed by atoms with E-state index >= 15 is 0 Å². The van der Waals surface area contributed by atoms with Crippen LogP contribution in [0, 0.1) is 0 Å². The van der Waals surface area contributed by atoms with Crippen LogP contribution in [0.25, 0.3) is 11.3 Å². The van der Waals surface area contributed by atoms with Gasteiger partial charge in [0.1, 0.15) is 11.6 Å². The van der Waals surface area contributed by atoms with Gasteiger partial charge >= 0.3 is 6.09 Å². The Morgan fingerprint density at radius 1 is 1.13 bits per heavy atom. The summed E-state index contributed by atoms with van der Waals surface area (Å²) in [6.45, 7) is 5.80. The SMILES string of the molecule is CC(C)(C)OC(=O)N1Cc2ccccc2C[C@H]1C(=O)Nc1cccc(-c2cscn2)c1. The fourth-order valence-corrected chi connectivity index (χ4v) is 4.17. The maximum atomic E-state index is 13.3. The number of benzene rings is 2. The molecule has 3 aromatic rings. The number of aromatic nitrogens is 1. The van der Waals surface area contributed by atoms with Crippen LogP contribution in [0.3, 0.4) is 0 Å². The molecule has 4 rings (SSSR count). The molecule has 1 atom stereocenters. The average Bonchev–Trinajstić information content (AvgIpc) is 3.27. The van der Waals surface area contributed by atoms with Crippen molar-refractivity contribution in [1.29, 1.82) is 0 Å². The Balaban J connectivity index is 1.58. The second kappa shape index (κ2) is 8.51. The van der Waals surface area contributed by atoms with E-state index in [1.54, 1.807) is 5.51 Å². The van der Waals surface area contributed by atoms with E-state index in [-0.39, 0.29) is 5.91 Å². The molecular formula is C24H25N3O3S. The zero-order valence-electron chi connectivity index (χ0n) is 17.8. The van der Waals surface area contributed by atoms with Crippen LogP contribution < -0.4 is 5.32 Å². The topological polar surface area (TPSA) is 71.5 Å². The van der Waals surface area contributed by atoms with Crippen LogP contribution in [0.4, 0.5) is 10.5 Å². The molecule has 0 radical (unpaired) electrons.